The second-order valence-corrected chi connectivity index (χ2v) is 11.9. The van der Waals surface area contributed by atoms with Crippen molar-refractivity contribution in [2.24, 2.45) is 0 Å². The van der Waals surface area contributed by atoms with Crippen molar-refractivity contribution in [1.29, 1.82) is 0 Å². The molecule has 0 atom stereocenters. The third-order valence-electron chi connectivity index (χ3n) is 0. The summed E-state index contributed by atoms with van der Waals surface area (Å²) in [6, 6.07) is 0. The molecule has 0 N–H and O–H groups in total. The van der Waals surface area contributed by atoms with Crippen LogP contribution in [0.2, 0.25) is 0 Å². The Kier molecular flexibility index (Phi) is 136. The number of hydrogen-bond donors (Lipinski definition) is 0. The summed E-state index contributed by atoms with van der Waals surface area (Å²) in [5.74, 6) is 0. The van der Waals surface area contributed by atoms with Crippen LogP contribution >= 0.6 is 40.0 Å². The first-order valence-corrected chi connectivity index (χ1v) is 9.35. The number of rotatable bonds is 0. The van der Waals surface area contributed by atoms with E-state index in [1.54, 1.807) is 0 Å². The van der Waals surface area contributed by atoms with E-state index < -0.39 is 0 Å². The first-order chi connectivity index (χ1) is 1.41. The molecule has 0 heterocycles. The minimum Gasteiger partial charge on any atom is 0 e. The second kappa shape index (κ2) is 31.5. The van der Waals surface area contributed by atoms with Crippen molar-refractivity contribution in [2.45, 2.75) is 0 Å². The maximum atomic E-state index is 2.37. The summed E-state index contributed by atoms with van der Waals surface area (Å²) >= 11 is 4.74. The molecule has 7 heteroatoms. The van der Waals surface area contributed by atoms with E-state index in [0.29, 0.717) is 9.47 Å². The molecule has 39 valence electrons. The fourth-order valence-corrected chi connectivity index (χ4v) is 0. The molecule has 4 radical (unpaired) electrons. The van der Waals surface area contributed by atoms with Gasteiger partial charge in [-0.15, -0.1) is 0 Å². The van der Waals surface area contributed by atoms with E-state index in [2.05, 4.69) is 40.0 Å². The SMILES string of the molecule is [I][V][I].[V].[V].[V].[V]. The van der Waals surface area contributed by atoms with Crippen molar-refractivity contribution in [3.05, 3.63) is 0 Å². The Morgan fingerprint density at radius 1 is 0.714 bits per heavy atom. The second-order valence-electron chi connectivity index (χ2n) is 0.0639. The first kappa shape index (κ1) is 30.1. The van der Waals surface area contributed by atoms with Crippen LogP contribution in [0, 0.1) is 0 Å². The van der Waals surface area contributed by atoms with E-state index in [9.17, 15) is 0 Å². The molecule has 0 saturated heterocycles. The van der Waals surface area contributed by atoms with Gasteiger partial charge in [-0.2, -0.15) is 0 Å². The van der Waals surface area contributed by atoms with Gasteiger partial charge in [0, 0.05) is 74.2 Å². The van der Waals surface area contributed by atoms with E-state index in [0.717, 1.165) is 0 Å². The van der Waals surface area contributed by atoms with Crippen molar-refractivity contribution in [3.63, 3.8) is 0 Å². The fourth-order valence-electron chi connectivity index (χ4n) is 0. The average molecular weight is 509 g/mol. The zero-order valence-corrected chi connectivity index (χ0v) is 14.3. The van der Waals surface area contributed by atoms with Gasteiger partial charge in [-0.25, -0.2) is 0 Å². The van der Waals surface area contributed by atoms with Crippen LogP contribution in [0.5, 0.6) is 0 Å². The Balaban J connectivity index is -0.00000000333. The Hall–Kier alpha value is 4.38. The Bertz CT molecular complexity index is 6.04. The van der Waals surface area contributed by atoms with Gasteiger partial charge in [0.1, 0.15) is 0 Å². The molecule has 0 rings (SSSR count). The van der Waals surface area contributed by atoms with Crippen molar-refractivity contribution >= 4 is 40.0 Å². The van der Waals surface area contributed by atoms with Crippen molar-refractivity contribution in [3.8, 4) is 0 Å². The van der Waals surface area contributed by atoms with E-state index in [1.807, 2.05) is 0 Å². The topological polar surface area (TPSA) is 0 Å². The Morgan fingerprint density at radius 2 is 0.714 bits per heavy atom. The number of halogens is 2. The summed E-state index contributed by atoms with van der Waals surface area (Å²) in [7, 11) is 0.628. The van der Waals surface area contributed by atoms with Gasteiger partial charge >= 0.3 is 49.4 Å². The van der Waals surface area contributed by atoms with Crippen molar-refractivity contribution < 1.29 is 83.7 Å². The molecule has 0 aromatic carbocycles. The molecule has 0 spiro atoms. The van der Waals surface area contributed by atoms with Crippen LogP contribution in [0.15, 0.2) is 0 Å². The zero-order valence-electron chi connectivity index (χ0n) is 2.99. The molecule has 0 amide bonds. The molecular weight excluding hydrogens is 509 g/mol. The van der Waals surface area contributed by atoms with Gasteiger partial charge in [0.2, 0.25) is 0 Å². The summed E-state index contributed by atoms with van der Waals surface area (Å²) in [5, 5.41) is 0. The van der Waals surface area contributed by atoms with Crippen molar-refractivity contribution in [1.82, 2.24) is 0 Å². The smallest absolute Gasteiger partial charge is 0 e. The molecule has 0 nitrogen and oxygen atoms in total. The zero-order chi connectivity index (χ0) is 2.71. The molecule has 7 heavy (non-hydrogen) atoms. The van der Waals surface area contributed by atoms with E-state index in [-0.39, 0.29) is 74.2 Å². The van der Waals surface area contributed by atoms with Gasteiger partial charge in [0.15, 0.2) is 0 Å². The van der Waals surface area contributed by atoms with Gasteiger partial charge in [-0.3, -0.25) is 0 Å². The van der Waals surface area contributed by atoms with E-state index >= 15 is 0 Å². The fraction of sp³-hybridized carbons (Fsp3) is 0. The molecular formula is I2V5. The minimum absolute atomic E-state index is 0. The molecule has 0 aromatic rings. The molecule has 0 saturated carbocycles. The van der Waals surface area contributed by atoms with Crippen LogP contribution in [-0.4, -0.2) is 0 Å². The average Bonchev–Trinajstić information content (AvgIpc) is 0.918. The van der Waals surface area contributed by atoms with Gasteiger partial charge in [-0.1, -0.05) is 0 Å². The predicted molar refractivity (Wildman–Crippen MR) is 28.0 cm³/mol. The molecule has 0 aliphatic heterocycles. The monoisotopic (exact) mass is 509 g/mol. The Labute approximate surface area is 121 Å². The van der Waals surface area contributed by atoms with Crippen LogP contribution in [0.3, 0.4) is 0 Å². The third kappa shape index (κ3) is 38.0. The molecule has 0 aliphatic rings. The first-order valence-electron chi connectivity index (χ1n) is 0.338. The van der Waals surface area contributed by atoms with Gasteiger partial charge in [0.05, 0.1) is 0 Å². The largest absolute Gasteiger partial charge is 0 e. The van der Waals surface area contributed by atoms with Gasteiger partial charge < -0.3 is 0 Å². The summed E-state index contributed by atoms with van der Waals surface area (Å²) < 4.78 is 0. The predicted octanol–water partition coefficient (Wildman–Crippen LogP) is 1.76. The summed E-state index contributed by atoms with van der Waals surface area (Å²) in [6.07, 6.45) is 0. The maximum Gasteiger partial charge on any atom is 0 e. The van der Waals surface area contributed by atoms with Crippen LogP contribution in [0.4, 0.5) is 0 Å². The molecule has 0 aliphatic carbocycles. The summed E-state index contributed by atoms with van der Waals surface area (Å²) in [6.45, 7) is 0. The summed E-state index contributed by atoms with van der Waals surface area (Å²) in [4.78, 5) is 0. The minimum atomic E-state index is 0. The quantitative estimate of drug-likeness (QED) is 0.438. The standard InChI is InChI=1S/2HI.5V/h2*1H;;;;;/q;;;;;;+2/p-2. The van der Waals surface area contributed by atoms with E-state index in [4.69, 9.17) is 0 Å². The van der Waals surface area contributed by atoms with Crippen LogP contribution in [-0.2, 0) is 83.7 Å². The Morgan fingerprint density at radius 3 is 0.714 bits per heavy atom. The normalized spacial score (nSPS) is 2.00. The van der Waals surface area contributed by atoms with Crippen molar-refractivity contribution in [2.75, 3.05) is 0 Å². The molecule has 0 fully saturated rings. The summed E-state index contributed by atoms with van der Waals surface area (Å²) in [5.41, 5.74) is 0. The van der Waals surface area contributed by atoms with Crippen LogP contribution < -0.4 is 0 Å². The van der Waals surface area contributed by atoms with Gasteiger partial charge in [-0.05, 0) is 0 Å². The molecule has 0 unspecified atom stereocenters. The van der Waals surface area contributed by atoms with Gasteiger partial charge in [0.25, 0.3) is 0 Å². The maximum absolute atomic E-state index is 2.37. The number of hydrogen-bond acceptors (Lipinski definition) is 0. The molecule has 0 aromatic heterocycles. The van der Waals surface area contributed by atoms with E-state index in [1.165, 1.54) is 0 Å². The van der Waals surface area contributed by atoms with Crippen LogP contribution in [0.25, 0.3) is 0 Å². The molecule has 0 bridgehead atoms. The third-order valence-corrected chi connectivity index (χ3v) is 0. The van der Waals surface area contributed by atoms with Crippen LogP contribution in [0.1, 0.15) is 0 Å².